The van der Waals surface area contributed by atoms with Crippen molar-refractivity contribution in [2.24, 2.45) is 0 Å². The van der Waals surface area contributed by atoms with Crippen molar-refractivity contribution in [2.45, 2.75) is 27.2 Å². The van der Waals surface area contributed by atoms with E-state index in [1.165, 1.54) is 12.1 Å². The first-order valence-corrected chi connectivity index (χ1v) is 4.43. The Bertz CT molecular complexity index is 327. The van der Waals surface area contributed by atoms with E-state index in [1.54, 1.807) is 13.0 Å². The lowest BCUT2D eigenvalue weighted by molar-refractivity contribution is 0.151. The molecule has 3 heteroatoms. The van der Waals surface area contributed by atoms with Crippen LogP contribution in [0.2, 0.25) is 0 Å². The molecule has 1 aromatic rings. The Morgan fingerprint density at radius 1 is 1.21 bits per heavy atom. The summed E-state index contributed by atoms with van der Waals surface area (Å²) in [5.74, 6) is 0. The zero-order valence-corrected chi connectivity index (χ0v) is 8.51. The smallest absolute Gasteiger partial charge is 0.205 e. The SMILES string of the molecule is CC.Cc1cc(C#N)cc(C(F)F)c1. The highest BCUT2D eigenvalue weighted by Gasteiger charge is 2.07. The van der Waals surface area contributed by atoms with E-state index in [-0.39, 0.29) is 11.1 Å². The fraction of sp³-hybridized carbons (Fsp3) is 0.364. The highest BCUT2D eigenvalue weighted by Crippen LogP contribution is 2.20. The van der Waals surface area contributed by atoms with Gasteiger partial charge in [0.15, 0.2) is 0 Å². The van der Waals surface area contributed by atoms with Gasteiger partial charge in [-0.25, -0.2) is 8.78 Å². The van der Waals surface area contributed by atoms with Gasteiger partial charge in [-0.3, -0.25) is 0 Å². The van der Waals surface area contributed by atoms with Crippen molar-refractivity contribution < 1.29 is 8.78 Å². The third-order valence-corrected chi connectivity index (χ3v) is 1.48. The van der Waals surface area contributed by atoms with Crippen LogP contribution in [-0.2, 0) is 0 Å². The lowest BCUT2D eigenvalue weighted by atomic mass is 10.1. The highest BCUT2D eigenvalue weighted by molar-refractivity contribution is 5.37. The average molecular weight is 197 g/mol. The summed E-state index contributed by atoms with van der Waals surface area (Å²) < 4.78 is 24.3. The normalized spacial score (nSPS) is 8.93. The van der Waals surface area contributed by atoms with Gasteiger partial charge in [-0.05, 0) is 24.6 Å². The number of hydrogen-bond acceptors (Lipinski definition) is 1. The van der Waals surface area contributed by atoms with Crippen LogP contribution >= 0.6 is 0 Å². The van der Waals surface area contributed by atoms with Gasteiger partial charge in [0.25, 0.3) is 6.43 Å². The quantitative estimate of drug-likeness (QED) is 0.671. The van der Waals surface area contributed by atoms with Crippen molar-refractivity contribution in [3.05, 3.63) is 34.9 Å². The van der Waals surface area contributed by atoms with Gasteiger partial charge in [0, 0.05) is 5.56 Å². The van der Waals surface area contributed by atoms with Gasteiger partial charge in [0.1, 0.15) is 0 Å². The van der Waals surface area contributed by atoms with Crippen LogP contribution in [0.25, 0.3) is 0 Å². The monoisotopic (exact) mass is 197 g/mol. The molecular formula is C11H13F2N. The minimum Gasteiger partial charge on any atom is -0.205 e. The number of nitrogens with zero attached hydrogens (tertiary/aromatic N) is 1. The van der Waals surface area contributed by atoms with Crippen molar-refractivity contribution >= 4 is 0 Å². The van der Waals surface area contributed by atoms with Gasteiger partial charge in [-0.2, -0.15) is 5.26 Å². The number of halogens is 2. The number of hydrogen-bond donors (Lipinski definition) is 0. The van der Waals surface area contributed by atoms with Crippen molar-refractivity contribution in [1.82, 2.24) is 0 Å². The Hall–Kier alpha value is -1.43. The van der Waals surface area contributed by atoms with E-state index in [9.17, 15) is 8.78 Å². The standard InChI is InChI=1S/C9H7F2N.C2H6/c1-6-2-7(5-12)4-8(3-6)9(10)11;1-2/h2-4,9H,1H3;1-2H3. The number of alkyl halides is 2. The molecule has 0 saturated heterocycles. The lowest BCUT2D eigenvalue weighted by Crippen LogP contribution is -1.87. The summed E-state index contributed by atoms with van der Waals surface area (Å²) in [6, 6.07) is 5.99. The predicted octanol–water partition coefficient (Wildman–Crippen LogP) is 3.83. The molecule has 0 bridgehead atoms. The molecule has 0 spiro atoms. The van der Waals surface area contributed by atoms with Crippen LogP contribution in [0.15, 0.2) is 18.2 Å². The zero-order chi connectivity index (χ0) is 11.1. The number of benzene rings is 1. The summed E-state index contributed by atoms with van der Waals surface area (Å²) in [7, 11) is 0. The van der Waals surface area contributed by atoms with Crippen LogP contribution < -0.4 is 0 Å². The van der Waals surface area contributed by atoms with Gasteiger partial charge in [0.05, 0.1) is 11.6 Å². The van der Waals surface area contributed by atoms with Gasteiger partial charge in [-0.15, -0.1) is 0 Å². The molecular weight excluding hydrogens is 184 g/mol. The Kier molecular flexibility index (Phi) is 5.47. The number of nitriles is 1. The highest BCUT2D eigenvalue weighted by atomic mass is 19.3. The molecule has 0 atom stereocenters. The van der Waals surface area contributed by atoms with Crippen LogP contribution in [0.4, 0.5) is 8.78 Å². The first-order valence-electron chi connectivity index (χ1n) is 4.43. The largest absolute Gasteiger partial charge is 0.263 e. The van der Waals surface area contributed by atoms with Crippen LogP contribution in [0, 0.1) is 18.3 Å². The van der Waals surface area contributed by atoms with Crippen molar-refractivity contribution in [3.63, 3.8) is 0 Å². The Labute approximate surface area is 83.0 Å². The molecule has 0 fully saturated rings. The molecule has 1 nitrogen and oxygen atoms in total. The van der Waals surface area contributed by atoms with Crippen LogP contribution in [0.3, 0.4) is 0 Å². The van der Waals surface area contributed by atoms with E-state index < -0.39 is 6.43 Å². The fourth-order valence-corrected chi connectivity index (χ4v) is 1.00. The molecule has 0 N–H and O–H groups in total. The zero-order valence-electron chi connectivity index (χ0n) is 8.51. The molecule has 0 radical (unpaired) electrons. The third kappa shape index (κ3) is 3.53. The number of aryl methyl sites for hydroxylation is 1. The molecule has 14 heavy (non-hydrogen) atoms. The molecule has 0 saturated carbocycles. The topological polar surface area (TPSA) is 23.8 Å². The van der Waals surface area contributed by atoms with Crippen LogP contribution in [0.5, 0.6) is 0 Å². The number of rotatable bonds is 1. The maximum absolute atomic E-state index is 12.2. The second-order valence-corrected chi connectivity index (χ2v) is 2.54. The molecule has 0 heterocycles. The second-order valence-electron chi connectivity index (χ2n) is 2.54. The summed E-state index contributed by atoms with van der Waals surface area (Å²) >= 11 is 0. The van der Waals surface area contributed by atoms with E-state index in [1.807, 2.05) is 19.9 Å². The lowest BCUT2D eigenvalue weighted by Gasteiger charge is -2.01. The Morgan fingerprint density at radius 2 is 1.79 bits per heavy atom. The summed E-state index contributed by atoms with van der Waals surface area (Å²) in [5, 5.41) is 8.47. The second kappa shape index (κ2) is 6.09. The van der Waals surface area contributed by atoms with E-state index in [2.05, 4.69) is 0 Å². The Balaban J connectivity index is 0.000000791. The average Bonchev–Trinajstić information content (AvgIpc) is 2.20. The minimum atomic E-state index is -2.50. The molecule has 0 amide bonds. The summed E-state index contributed by atoms with van der Waals surface area (Å²) in [5.41, 5.74) is 0.876. The van der Waals surface area contributed by atoms with Crippen LogP contribution in [-0.4, -0.2) is 0 Å². The summed E-state index contributed by atoms with van der Waals surface area (Å²) in [6.07, 6.45) is -2.50. The van der Waals surface area contributed by atoms with E-state index in [0.717, 1.165) is 0 Å². The van der Waals surface area contributed by atoms with Gasteiger partial charge in [0.2, 0.25) is 0 Å². The Morgan fingerprint density at radius 3 is 2.21 bits per heavy atom. The van der Waals surface area contributed by atoms with Crippen molar-refractivity contribution in [2.75, 3.05) is 0 Å². The summed E-state index contributed by atoms with van der Waals surface area (Å²) in [4.78, 5) is 0. The minimum absolute atomic E-state index is 0.0912. The molecule has 0 aliphatic heterocycles. The molecule has 0 unspecified atom stereocenters. The van der Waals surface area contributed by atoms with E-state index >= 15 is 0 Å². The fourth-order valence-electron chi connectivity index (χ4n) is 1.00. The molecule has 0 aromatic heterocycles. The van der Waals surface area contributed by atoms with E-state index in [0.29, 0.717) is 5.56 Å². The first-order chi connectivity index (χ1) is 6.63. The molecule has 0 aliphatic rings. The van der Waals surface area contributed by atoms with E-state index in [4.69, 9.17) is 5.26 Å². The maximum Gasteiger partial charge on any atom is 0.263 e. The van der Waals surface area contributed by atoms with Gasteiger partial charge in [-0.1, -0.05) is 19.9 Å². The summed E-state index contributed by atoms with van der Waals surface area (Å²) in [6.45, 7) is 5.69. The molecule has 1 aromatic carbocycles. The van der Waals surface area contributed by atoms with Crippen molar-refractivity contribution in [3.8, 4) is 6.07 Å². The predicted molar refractivity (Wildman–Crippen MR) is 52.2 cm³/mol. The first kappa shape index (κ1) is 12.6. The van der Waals surface area contributed by atoms with Gasteiger partial charge >= 0.3 is 0 Å². The molecule has 1 rings (SSSR count). The van der Waals surface area contributed by atoms with Crippen LogP contribution in [0.1, 0.15) is 37.0 Å². The molecule has 0 aliphatic carbocycles. The van der Waals surface area contributed by atoms with Gasteiger partial charge < -0.3 is 0 Å². The third-order valence-electron chi connectivity index (χ3n) is 1.48. The molecule has 76 valence electrons. The maximum atomic E-state index is 12.2. The van der Waals surface area contributed by atoms with Crippen molar-refractivity contribution in [1.29, 1.82) is 5.26 Å².